The molecule has 25 heavy (non-hydrogen) atoms. The van der Waals surface area contributed by atoms with Crippen molar-refractivity contribution in [1.29, 1.82) is 0 Å². The summed E-state index contributed by atoms with van der Waals surface area (Å²) >= 11 is 4.86. The van der Waals surface area contributed by atoms with E-state index in [9.17, 15) is 0 Å². The first-order valence-electron chi connectivity index (χ1n) is 7.69. The molecule has 0 aliphatic carbocycles. The fraction of sp³-hybridized carbons (Fsp3) is 0.167. The van der Waals surface area contributed by atoms with Gasteiger partial charge in [-0.25, -0.2) is 4.98 Å². The molecular weight excluding hydrogens is 370 g/mol. The second-order valence-electron chi connectivity index (χ2n) is 5.69. The average molecular weight is 386 g/mol. The van der Waals surface area contributed by atoms with Crippen LogP contribution in [0.25, 0.3) is 22.0 Å². The summed E-state index contributed by atoms with van der Waals surface area (Å²) in [5.41, 5.74) is 5.55. The lowest BCUT2D eigenvalue weighted by atomic mass is 10.1. The molecule has 1 aromatic carbocycles. The van der Waals surface area contributed by atoms with Gasteiger partial charge in [0.25, 0.3) is 5.22 Å². The van der Waals surface area contributed by atoms with Gasteiger partial charge in [0.15, 0.2) is 0 Å². The summed E-state index contributed by atoms with van der Waals surface area (Å²) in [7, 11) is 0. The van der Waals surface area contributed by atoms with Gasteiger partial charge in [-0.05, 0) is 37.4 Å². The zero-order valence-electron chi connectivity index (χ0n) is 13.7. The molecule has 0 saturated heterocycles. The summed E-state index contributed by atoms with van der Waals surface area (Å²) in [4.78, 5) is 4.67. The molecule has 4 rings (SSSR count). The van der Waals surface area contributed by atoms with E-state index in [1.54, 1.807) is 22.7 Å². The van der Waals surface area contributed by atoms with Crippen LogP contribution in [0.5, 0.6) is 0 Å². The first kappa shape index (κ1) is 16.5. The fourth-order valence-electron chi connectivity index (χ4n) is 2.51. The molecule has 4 nitrogen and oxygen atoms in total. The van der Waals surface area contributed by atoms with Gasteiger partial charge in [0, 0.05) is 27.6 Å². The summed E-state index contributed by atoms with van der Waals surface area (Å²) in [6.45, 7) is 4.13. The maximum atomic E-state index is 5.80. The second kappa shape index (κ2) is 7.11. The van der Waals surface area contributed by atoms with Gasteiger partial charge in [-0.15, -0.1) is 21.5 Å². The predicted octanol–water partition coefficient (Wildman–Crippen LogP) is 5.83. The van der Waals surface area contributed by atoms with E-state index in [1.165, 1.54) is 28.5 Å². The molecule has 7 heteroatoms. The van der Waals surface area contributed by atoms with Crippen molar-refractivity contribution in [3.8, 4) is 22.0 Å². The first-order valence-corrected chi connectivity index (χ1v) is 10.5. The molecule has 0 aliphatic heterocycles. The SMILES string of the molecule is Cc1cc(C)cc(-c2nnc(SCc3csc(-c4ccsc4)n3)o2)c1. The molecule has 0 N–H and O–H groups in total. The minimum absolute atomic E-state index is 0.562. The van der Waals surface area contributed by atoms with Gasteiger partial charge < -0.3 is 4.42 Å². The lowest BCUT2D eigenvalue weighted by molar-refractivity contribution is 0.465. The van der Waals surface area contributed by atoms with Gasteiger partial charge in [0.1, 0.15) is 5.01 Å². The van der Waals surface area contributed by atoms with Crippen LogP contribution in [0.2, 0.25) is 0 Å². The number of rotatable bonds is 5. The number of benzene rings is 1. The standard InChI is InChI=1S/C18H15N3OS3/c1-11-5-12(2)7-14(6-11)16-20-21-18(22-16)25-10-15-9-24-17(19-15)13-3-4-23-8-13/h3-9H,10H2,1-2H3. The van der Waals surface area contributed by atoms with Crippen LogP contribution in [0.4, 0.5) is 0 Å². The highest BCUT2D eigenvalue weighted by molar-refractivity contribution is 7.98. The van der Waals surface area contributed by atoms with Crippen molar-refractivity contribution < 1.29 is 4.42 Å². The van der Waals surface area contributed by atoms with Crippen LogP contribution in [0, 0.1) is 13.8 Å². The minimum atomic E-state index is 0.562. The van der Waals surface area contributed by atoms with Gasteiger partial charge in [-0.1, -0.05) is 29.0 Å². The van der Waals surface area contributed by atoms with Crippen LogP contribution in [0.15, 0.2) is 50.0 Å². The van der Waals surface area contributed by atoms with Gasteiger partial charge in [0.05, 0.1) is 5.69 Å². The molecule has 0 amide bonds. The largest absolute Gasteiger partial charge is 0.411 e. The van der Waals surface area contributed by atoms with Crippen LogP contribution in [-0.4, -0.2) is 15.2 Å². The Bertz CT molecular complexity index is 969. The number of aromatic nitrogens is 3. The Labute approximate surface area is 158 Å². The quantitative estimate of drug-likeness (QED) is 0.405. The van der Waals surface area contributed by atoms with Crippen molar-refractivity contribution >= 4 is 34.4 Å². The van der Waals surface area contributed by atoms with Gasteiger partial charge in [0.2, 0.25) is 5.89 Å². The summed E-state index contributed by atoms with van der Waals surface area (Å²) in [6.07, 6.45) is 0. The molecular formula is C18H15N3OS3. The molecule has 0 spiro atoms. The van der Waals surface area contributed by atoms with Gasteiger partial charge >= 0.3 is 0 Å². The highest BCUT2D eigenvalue weighted by atomic mass is 32.2. The normalized spacial score (nSPS) is 11.1. The highest BCUT2D eigenvalue weighted by Gasteiger charge is 2.12. The number of hydrogen-bond acceptors (Lipinski definition) is 7. The maximum absolute atomic E-state index is 5.80. The third-order valence-electron chi connectivity index (χ3n) is 3.54. The monoisotopic (exact) mass is 385 g/mol. The molecule has 3 heterocycles. The lowest BCUT2D eigenvalue weighted by Gasteiger charge is -2.00. The number of thiophene rings is 1. The summed E-state index contributed by atoms with van der Waals surface area (Å²) in [5, 5.41) is 16.2. The Kier molecular flexibility index (Phi) is 4.70. The molecule has 0 aliphatic rings. The van der Waals surface area contributed by atoms with Crippen molar-refractivity contribution in [2.45, 2.75) is 24.8 Å². The van der Waals surface area contributed by atoms with Crippen LogP contribution >= 0.6 is 34.4 Å². The topological polar surface area (TPSA) is 51.8 Å². The molecule has 0 saturated carbocycles. The van der Waals surface area contributed by atoms with E-state index in [1.807, 2.05) is 0 Å². The average Bonchev–Trinajstić information content (AvgIpc) is 3.32. The predicted molar refractivity (Wildman–Crippen MR) is 104 cm³/mol. The number of nitrogens with zero attached hydrogens (tertiary/aromatic N) is 3. The number of hydrogen-bond donors (Lipinski definition) is 0. The highest BCUT2D eigenvalue weighted by Crippen LogP contribution is 2.30. The molecule has 4 aromatic rings. The van der Waals surface area contributed by atoms with Crippen molar-refractivity contribution in [2.75, 3.05) is 0 Å². The smallest absolute Gasteiger partial charge is 0.277 e. The molecule has 0 bridgehead atoms. The van der Waals surface area contributed by atoms with E-state index in [2.05, 4.69) is 69.4 Å². The fourth-order valence-corrected chi connectivity index (χ4v) is 4.80. The van der Waals surface area contributed by atoms with E-state index < -0.39 is 0 Å². The Morgan fingerprint density at radius 1 is 1.04 bits per heavy atom. The molecule has 3 aromatic heterocycles. The molecule has 0 unspecified atom stereocenters. The van der Waals surface area contributed by atoms with Crippen LogP contribution < -0.4 is 0 Å². The Hall–Kier alpha value is -1.96. The molecule has 0 radical (unpaired) electrons. The van der Waals surface area contributed by atoms with Crippen molar-refractivity contribution in [3.63, 3.8) is 0 Å². The first-order chi connectivity index (χ1) is 12.2. The van der Waals surface area contributed by atoms with Crippen molar-refractivity contribution in [3.05, 3.63) is 57.2 Å². The zero-order valence-corrected chi connectivity index (χ0v) is 16.2. The molecule has 126 valence electrons. The number of thioether (sulfide) groups is 1. The molecule has 0 fully saturated rings. The van der Waals surface area contributed by atoms with Crippen molar-refractivity contribution in [1.82, 2.24) is 15.2 Å². The maximum Gasteiger partial charge on any atom is 0.277 e. The van der Waals surface area contributed by atoms with E-state index >= 15 is 0 Å². The van der Waals surface area contributed by atoms with Crippen molar-refractivity contribution in [2.24, 2.45) is 0 Å². The van der Waals surface area contributed by atoms with E-state index in [0.717, 1.165) is 22.0 Å². The van der Waals surface area contributed by atoms with Gasteiger partial charge in [-0.3, -0.25) is 0 Å². The van der Waals surface area contributed by atoms with Crippen LogP contribution in [0.3, 0.4) is 0 Å². The Morgan fingerprint density at radius 3 is 2.64 bits per heavy atom. The number of aryl methyl sites for hydroxylation is 2. The third-order valence-corrected chi connectivity index (χ3v) is 6.01. The number of thiazole rings is 1. The summed E-state index contributed by atoms with van der Waals surface area (Å²) in [5.74, 6) is 1.28. The third kappa shape index (κ3) is 3.84. The van der Waals surface area contributed by atoms with Crippen LogP contribution in [0.1, 0.15) is 16.8 Å². The minimum Gasteiger partial charge on any atom is -0.411 e. The summed E-state index contributed by atoms with van der Waals surface area (Å²) in [6, 6.07) is 8.34. The van der Waals surface area contributed by atoms with E-state index in [-0.39, 0.29) is 0 Å². The lowest BCUT2D eigenvalue weighted by Crippen LogP contribution is -1.82. The Balaban J connectivity index is 1.45. The zero-order chi connectivity index (χ0) is 17.2. The van der Waals surface area contributed by atoms with Crippen LogP contribution in [-0.2, 0) is 5.75 Å². The second-order valence-corrected chi connectivity index (χ2v) is 8.26. The molecule has 0 atom stereocenters. The van der Waals surface area contributed by atoms with Gasteiger partial charge in [-0.2, -0.15) is 11.3 Å². The Morgan fingerprint density at radius 2 is 1.88 bits per heavy atom. The van der Waals surface area contributed by atoms with E-state index in [4.69, 9.17) is 4.42 Å². The van der Waals surface area contributed by atoms with E-state index in [0.29, 0.717) is 11.1 Å². The summed E-state index contributed by atoms with van der Waals surface area (Å²) < 4.78 is 5.80.